The van der Waals surface area contributed by atoms with Crippen LogP contribution in [0.3, 0.4) is 0 Å². The quantitative estimate of drug-likeness (QED) is 0.462. The molecular formula is C22H23F3N4O2S. The highest BCUT2D eigenvalue weighted by Crippen LogP contribution is 2.30. The Bertz CT molecular complexity index is 1100. The van der Waals surface area contributed by atoms with E-state index in [0.717, 1.165) is 40.8 Å². The predicted molar refractivity (Wildman–Crippen MR) is 117 cm³/mol. The van der Waals surface area contributed by atoms with Crippen molar-refractivity contribution in [2.75, 3.05) is 11.1 Å². The molecule has 0 aliphatic rings. The summed E-state index contributed by atoms with van der Waals surface area (Å²) in [5.41, 5.74) is 1.37. The summed E-state index contributed by atoms with van der Waals surface area (Å²) >= 11 is 1.16. The molecule has 1 aromatic heterocycles. The second-order valence-corrected chi connectivity index (χ2v) is 8.06. The zero-order valence-electron chi connectivity index (χ0n) is 17.9. The van der Waals surface area contributed by atoms with Crippen LogP contribution in [0.4, 0.5) is 18.9 Å². The van der Waals surface area contributed by atoms with Crippen LogP contribution in [-0.4, -0.2) is 26.4 Å². The van der Waals surface area contributed by atoms with Crippen molar-refractivity contribution in [1.82, 2.24) is 14.8 Å². The van der Waals surface area contributed by atoms with E-state index in [-0.39, 0.29) is 18.0 Å². The molecule has 6 nitrogen and oxygen atoms in total. The fourth-order valence-corrected chi connectivity index (χ4v) is 3.78. The average molecular weight is 465 g/mol. The first-order chi connectivity index (χ1) is 15.2. The first-order valence-electron chi connectivity index (χ1n) is 9.89. The molecule has 32 heavy (non-hydrogen) atoms. The second kappa shape index (κ2) is 10.1. The maximum atomic E-state index is 12.8. The summed E-state index contributed by atoms with van der Waals surface area (Å²) in [4.78, 5) is 12.2. The molecule has 0 aliphatic carbocycles. The zero-order valence-corrected chi connectivity index (χ0v) is 18.7. The van der Waals surface area contributed by atoms with Gasteiger partial charge in [-0.25, -0.2) is 0 Å². The fourth-order valence-electron chi connectivity index (χ4n) is 2.96. The molecule has 3 aromatic rings. The van der Waals surface area contributed by atoms with Crippen molar-refractivity contribution >= 4 is 23.4 Å². The minimum absolute atomic E-state index is 0.0216. The van der Waals surface area contributed by atoms with Gasteiger partial charge in [0.1, 0.15) is 12.4 Å². The number of benzene rings is 2. The third-order valence-electron chi connectivity index (χ3n) is 4.62. The number of anilines is 1. The van der Waals surface area contributed by atoms with E-state index >= 15 is 0 Å². The van der Waals surface area contributed by atoms with Crippen LogP contribution in [0.1, 0.15) is 29.4 Å². The number of carbonyl (C=O) groups excluding carboxylic acids is 1. The largest absolute Gasteiger partial charge is 0.485 e. The Labute approximate surface area is 188 Å². The van der Waals surface area contributed by atoms with E-state index in [1.54, 1.807) is 0 Å². The lowest BCUT2D eigenvalue weighted by molar-refractivity contribution is -0.137. The number of thioether (sulfide) groups is 1. The van der Waals surface area contributed by atoms with E-state index in [4.69, 9.17) is 4.74 Å². The maximum absolute atomic E-state index is 12.8. The molecule has 0 fully saturated rings. The minimum atomic E-state index is -4.47. The van der Waals surface area contributed by atoms with Crippen LogP contribution in [0.25, 0.3) is 0 Å². The van der Waals surface area contributed by atoms with Crippen LogP contribution in [0.5, 0.6) is 5.75 Å². The predicted octanol–water partition coefficient (Wildman–Crippen LogP) is 5.24. The van der Waals surface area contributed by atoms with E-state index in [2.05, 4.69) is 15.5 Å². The SMILES string of the molecule is CCn1c(COc2cc(C)ccc2C)nnc1SCC(=O)Nc1cccc(C(F)(F)F)c1. The molecule has 1 N–H and O–H groups in total. The van der Waals surface area contributed by atoms with Gasteiger partial charge in [-0.2, -0.15) is 13.2 Å². The summed E-state index contributed by atoms with van der Waals surface area (Å²) in [6, 6.07) is 10.5. The van der Waals surface area contributed by atoms with Gasteiger partial charge in [-0.15, -0.1) is 10.2 Å². The summed E-state index contributed by atoms with van der Waals surface area (Å²) in [6.45, 7) is 6.68. The first kappa shape index (κ1) is 23.6. The molecule has 0 aliphatic heterocycles. The van der Waals surface area contributed by atoms with Crippen LogP contribution in [0.2, 0.25) is 0 Å². The van der Waals surface area contributed by atoms with Gasteiger partial charge in [0.15, 0.2) is 11.0 Å². The number of aromatic nitrogens is 3. The van der Waals surface area contributed by atoms with Gasteiger partial charge in [0.25, 0.3) is 0 Å². The molecule has 1 amide bonds. The lowest BCUT2D eigenvalue weighted by Crippen LogP contribution is -2.15. The van der Waals surface area contributed by atoms with E-state index in [0.29, 0.717) is 17.5 Å². The van der Waals surface area contributed by atoms with Crippen molar-refractivity contribution in [1.29, 1.82) is 0 Å². The molecule has 1 heterocycles. The Balaban J connectivity index is 1.60. The molecule has 0 spiro atoms. The number of alkyl halides is 3. The molecule has 170 valence electrons. The molecule has 0 unspecified atom stereocenters. The van der Waals surface area contributed by atoms with E-state index in [1.807, 2.05) is 43.5 Å². The molecule has 0 bridgehead atoms. The Morgan fingerprint density at radius 2 is 1.94 bits per heavy atom. The number of ether oxygens (including phenoxy) is 1. The Morgan fingerprint density at radius 1 is 1.16 bits per heavy atom. The average Bonchev–Trinajstić information content (AvgIpc) is 3.14. The summed E-state index contributed by atoms with van der Waals surface area (Å²) in [7, 11) is 0. The number of amides is 1. The normalized spacial score (nSPS) is 11.4. The van der Waals surface area contributed by atoms with Crippen molar-refractivity contribution < 1.29 is 22.7 Å². The van der Waals surface area contributed by atoms with Crippen molar-refractivity contribution in [3.05, 3.63) is 65.0 Å². The standard InChI is InChI=1S/C22H23F3N4O2S/c1-4-29-19(12-31-18-10-14(2)8-9-15(18)3)27-28-21(29)32-13-20(30)26-17-7-5-6-16(11-17)22(23,24)25/h5-11H,4,12-13H2,1-3H3,(H,26,30). The van der Waals surface area contributed by atoms with Gasteiger partial charge in [-0.05, 0) is 56.2 Å². The van der Waals surface area contributed by atoms with Gasteiger partial charge in [-0.1, -0.05) is 30.0 Å². The summed E-state index contributed by atoms with van der Waals surface area (Å²) in [6.07, 6.45) is -4.47. The summed E-state index contributed by atoms with van der Waals surface area (Å²) in [5, 5.41) is 11.3. The van der Waals surface area contributed by atoms with Crippen molar-refractivity contribution in [2.24, 2.45) is 0 Å². The van der Waals surface area contributed by atoms with Crippen LogP contribution < -0.4 is 10.1 Å². The van der Waals surface area contributed by atoms with Crippen molar-refractivity contribution in [2.45, 2.75) is 45.3 Å². The van der Waals surface area contributed by atoms with Crippen LogP contribution in [0.15, 0.2) is 47.6 Å². The lowest BCUT2D eigenvalue weighted by Gasteiger charge is -2.11. The number of carbonyl (C=O) groups is 1. The third kappa shape index (κ3) is 6.03. The molecular weight excluding hydrogens is 441 g/mol. The highest BCUT2D eigenvalue weighted by molar-refractivity contribution is 7.99. The lowest BCUT2D eigenvalue weighted by atomic mass is 10.1. The molecule has 0 radical (unpaired) electrons. The number of nitrogens with one attached hydrogen (secondary N) is 1. The Morgan fingerprint density at radius 3 is 2.66 bits per heavy atom. The number of nitrogens with zero attached hydrogens (tertiary/aromatic N) is 3. The van der Waals surface area contributed by atoms with Crippen LogP contribution >= 0.6 is 11.8 Å². The summed E-state index contributed by atoms with van der Waals surface area (Å²) < 4.78 is 46.2. The highest BCUT2D eigenvalue weighted by Gasteiger charge is 2.30. The van der Waals surface area contributed by atoms with E-state index in [9.17, 15) is 18.0 Å². The number of aryl methyl sites for hydroxylation is 2. The molecule has 0 saturated carbocycles. The number of halogens is 3. The fraction of sp³-hybridized carbons (Fsp3) is 0.318. The summed E-state index contributed by atoms with van der Waals surface area (Å²) in [5.74, 6) is 0.930. The molecule has 3 rings (SSSR count). The molecule has 10 heteroatoms. The topological polar surface area (TPSA) is 69.0 Å². The maximum Gasteiger partial charge on any atom is 0.416 e. The number of rotatable bonds is 8. The molecule has 0 atom stereocenters. The van der Waals surface area contributed by atoms with Crippen molar-refractivity contribution in [3.8, 4) is 5.75 Å². The smallest absolute Gasteiger partial charge is 0.416 e. The van der Waals surface area contributed by atoms with Gasteiger partial charge in [0, 0.05) is 12.2 Å². The Kier molecular flexibility index (Phi) is 7.44. The van der Waals surface area contributed by atoms with Crippen LogP contribution in [-0.2, 0) is 24.1 Å². The Hall–Kier alpha value is -3.01. The highest BCUT2D eigenvalue weighted by atomic mass is 32.2. The van der Waals surface area contributed by atoms with E-state index < -0.39 is 17.6 Å². The van der Waals surface area contributed by atoms with Gasteiger partial charge < -0.3 is 14.6 Å². The van der Waals surface area contributed by atoms with Gasteiger partial charge in [0.05, 0.1) is 11.3 Å². The number of hydrogen-bond donors (Lipinski definition) is 1. The molecule has 2 aromatic carbocycles. The number of hydrogen-bond acceptors (Lipinski definition) is 5. The second-order valence-electron chi connectivity index (χ2n) is 7.12. The third-order valence-corrected chi connectivity index (χ3v) is 5.58. The zero-order chi connectivity index (χ0) is 23.3. The van der Waals surface area contributed by atoms with Crippen LogP contribution in [0, 0.1) is 13.8 Å². The van der Waals surface area contributed by atoms with E-state index in [1.165, 1.54) is 12.1 Å². The van der Waals surface area contributed by atoms with Gasteiger partial charge >= 0.3 is 6.18 Å². The van der Waals surface area contributed by atoms with Gasteiger partial charge in [-0.3, -0.25) is 4.79 Å². The van der Waals surface area contributed by atoms with Gasteiger partial charge in [0.2, 0.25) is 5.91 Å². The monoisotopic (exact) mass is 464 g/mol. The minimum Gasteiger partial charge on any atom is -0.485 e. The molecule has 0 saturated heterocycles. The first-order valence-corrected chi connectivity index (χ1v) is 10.9. The van der Waals surface area contributed by atoms with Crippen molar-refractivity contribution in [3.63, 3.8) is 0 Å².